The van der Waals surface area contributed by atoms with E-state index in [1.807, 2.05) is 43.3 Å². The van der Waals surface area contributed by atoms with Crippen LogP contribution in [0.4, 0.5) is 5.69 Å². The number of ether oxygens (including phenoxy) is 1. The van der Waals surface area contributed by atoms with Crippen LogP contribution in [0.1, 0.15) is 5.69 Å². The number of amides is 1. The van der Waals surface area contributed by atoms with Gasteiger partial charge in [0.15, 0.2) is 0 Å². The van der Waals surface area contributed by atoms with E-state index in [0.717, 1.165) is 32.6 Å². The van der Waals surface area contributed by atoms with E-state index in [-0.39, 0.29) is 11.7 Å². The third kappa shape index (κ3) is 5.83. The Balaban J connectivity index is 1.41. The van der Waals surface area contributed by atoms with E-state index in [0.29, 0.717) is 20.8 Å². The second-order valence-corrected chi connectivity index (χ2v) is 9.72. The molecule has 4 aromatic rings. The number of carbonyl (C=O) groups is 1. The molecular formula is C23H18Cl2N4O2S2. The summed E-state index contributed by atoms with van der Waals surface area (Å²) in [6.07, 6.45) is 0. The predicted octanol–water partition coefficient (Wildman–Crippen LogP) is 6.62. The van der Waals surface area contributed by atoms with Crippen LogP contribution in [0.2, 0.25) is 10.0 Å². The highest BCUT2D eigenvalue weighted by Crippen LogP contribution is 2.35. The third-order valence-electron chi connectivity index (χ3n) is 4.54. The maximum Gasteiger partial charge on any atom is 0.234 e. The van der Waals surface area contributed by atoms with Crippen LogP contribution < -0.4 is 10.1 Å². The molecule has 0 spiro atoms. The summed E-state index contributed by atoms with van der Waals surface area (Å²) in [7, 11) is 1.64. The van der Waals surface area contributed by atoms with Crippen molar-refractivity contribution in [1.29, 1.82) is 0 Å². The quantitative estimate of drug-likeness (QED) is 0.278. The Kier molecular flexibility index (Phi) is 7.49. The van der Waals surface area contributed by atoms with Crippen molar-refractivity contribution in [3.05, 3.63) is 70.3 Å². The fraction of sp³-hybridized carbons (Fsp3) is 0.130. The van der Waals surface area contributed by atoms with Crippen LogP contribution in [0.5, 0.6) is 5.75 Å². The van der Waals surface area contributed by atoms with Gasteiger partial charge in [-0.25, -0.2) is 4.98 Å². The summed E-state index contributed by atoms with van der Waals surface area (Å²) in [4.78, 5) is 17.9. The van der Waals surface area contributed by atoms with Crippen LogP contribution in [-0.2, 0) is 4.79 Å². The smallest absolute Gasteiger partial charge is 0.234 e. The van der Waals surface area contributed by atoms with Gasteiger partial charge in [0.05, 0.1) is 34.1 Å². The number of methoxy groups -OCH3 is 1. The SMILES string of the molecule is COc1cccc(-c2nc(C)c(-c3ccc(SCC(=O)Nc4cc(Cl)ccc4Cl)nn3)s2)c1. The van der Waals surface area contributed by atoms with Gasteiger partial charge in [-0.1, -0.05) is 47.1 Å². The lowest BCUT2D eigenvalue weighted by Gasteiger charge is -2.07. The van der Waals surface area contributed by atoms with Crippen LogP contribution >= 0.6 is 46.3 Å². The van der Waals surface area contributed by atoms with Gasteiger partial charge in [0.1, 0.15) is 21.5 Å². The van der Waals surface area contributed by atoms with Crippen molar-refractivity contribution in [3.63, 3.8) is 0 Å². The zero-order chi connectivity index (χ0) is 23.4. The van der Waals surface area contributed by atoms with E-state index in [2.05, 4.69) is 20.5 Å². The first-order valence-electron chi connectivity index (χ1n) is 9.76. The molecule has 0 saturated carbocycles. The first-order chi connectivity index (χ1) is 15.9. The molecule has 10 heteroatoms. The van der Waals surface area contributed by atoms with Gasteiger partial charge in [0.2, 0.25) is 5.91 Å². The second kappa shape index (κ2) is 10.5. The molecule has 0 bridgehead atoms. The lowest BCUT2D eigenvalue weighted by Crippen LogP contribution is -2.14. The Hall–Kier alpha value is -2.65. The average molecular weight is 517 g/mol. The summed E-state index contributed by atoms with van der Waals surface area (Å²) in [5.41, 5.74) is 3.08. The van der Waals surface area contributed by atoms with Crippen molar-refractivity contribution in [2.75, 3.05) is 18.2 Å². The summed E-state index contributed by atoms with van der Waals surface area (Å²) in [6, 6.07) is 16.4. The number of carbonyl (C=O) groups excluding carboxylic acids is 1. The van der Waals surface area contributed by atoms with E-state index >= 15 is 0 Å². The molecule has 168 valence electrons. The number of aromatic nitrogens is 3. The van der Waals surface area contributed by atoms with Gasteiger partial charge < -0.3 is 10.1 Å². The molecule has 33 heavy (non-hydrogen) atoms. The first kappa shape index (κ1) is 23.5. The lowest BCUT2D eigenvalue weighted by molar-refractivity contribution is -0.113. The van der Waals surface area contributed by atoms with Crippen LogP contribution in [0, 0.1) is 6.92 Å². The van der Waals surface area contributed by atoms with Gasteiger partial charge in [-0.15, -0.1) is 21.5 Å². The topological polar surface area (TPSA) is 77.0 Å². The Morgan fingerprint density at radius 2 is 1.97 bits per heavy atom. The molecule has 0 aliphatic rings. The summed E-state index contributed by atoms with van der Waals surface area (Å²) in [6.45, 7) is 1.95. The molecule has 6 nitrogen and oxygen atoms in total. The minimum Gasteiger partial charge on any atom is -0.497 e. The van der Waals surface area contributed by atoms with Gasteiger partial charge in [-0.2, -0.15) is 0 Å². The Bertz CT molecular complexity index is 1300. The molecule has 1 N–H and O–H groups in total. The van der Waals surface area contributed by atoms with Crippen molar-refractivity contribution in [2.45, 2.75) is 11.9 Å². The van der Waals surface area contributed by atoms with E-state index in [4.69, 9.17) is 27.9 Å². The van der Waals surface area contributed by atoms with Gasteiger partial charge in [0, 0.05) is 10.6 Å². The van der Waals surface area contributed by atoms with Crippen molar-refractivity contribution in [1.82, 2.24) is 15.2 Å². The number of nitrogens with one attached hydrogen (secondary N) is 1. The Morgan fingerprint density at radius 1 is 1.12 bits per heavy atom. The minimum atomic E-state index is -0.212. The molecule has 1 amide bonds. The number of hydrogen-bond donors (Lipinski definition) is 1. The number of benzene rings is 2. The molecule has 0 fully saturated rings. The summed E-state index contributed by atoms with van der Waals surface area (Å²) in [5, 5.41) is 13.8. The highest BCUT2D eigenvalue weighted by molar-refractivity contribution is 7.99. The van der Waals surface area contributed by atoms with Gasteiger partial charge in [0.25, 0.3) is 0 Å². The molecular weight excluding hydrogens is 499 g/mol. The van der Waals surface area contributed by atoms with Crippen molar-refractivity contribution in [3.8, 4) is 26.9 Å². The van der Waals surface area contributed by atoms with Crippen LogP contribution in [0.3, 0.4) is 0 Å². The molecule has 0 unspecified atom stereocenters. The number of thioether (sulfide) groups is 1. The molecule has 0 atom stereocenters. The Morgan fingerprint density at radius 3 is 2.73 bits per heavy atom. The van der Waals surface area contributed by atoms with Crippen molar-refractivity contribution in [2.24, 2.45) is 0 Å². The van der Waals surface area contributed by atoms with Crippen LogP contribution in [-0.4, -0.2) is 34.0 Å². The number of nitrogens with zero attached hydrogens (tertiary/aromatic N) is 3. The number of anilines is 1. The van der Waals surface area contributed by atoms with Gasteiger partial charge in [-0.3, -0.25) is 4.79 Å². The maximum absolute atomic E-state index is 12.3. The van der Waals surface area contributed by atoms with E-state index in [1.54, 1.807) is 36.6 Å². The number of halogens is 2. The molecule has 2 aromatic heterocycles. The minimum absolute atomic E-state index is 0.163. The monoisotopic (exact) mass is 516 g/mol. The van der Waals surface area contributed by atoms with Crippen molar-refractivity contribution >= 4 is 57.9 Å². The molecule has 4 rings (SSSR count). The summed E-state index contributed by atoms with van der Waals surface area (Å²) < 4.78 is 5.31. The summed E-state index contributed by atoms with van der Waals surface area (Å²) in [5.74, 6) is 0.734. The molecule has 0 aliphatic carbocycles. The molecule has 0 radical (unpaired) electrons. The summed E-state index contributed by atoms with van der Waals surface area (Å²) >= 11 is 14.9. The fourth-order valence-corrected chi connectivity index (χ4v) is 4.93. The van der Waals surface area contributed by atoms with E-state index in [1.165, 1.54) is 11.8 Å². The molecule has 0 aliphatic heterocycles. The highest BCUT2D eigenvalue weighted by Gasteiger charge is 2.14. The van der Waals surface area contributed by atoms with Gasteiger partial charge >= 0.3 is 0 Å². The zero-order valence-electron chi connectivity index (χ0n) is 17.6. The Labute approximate surface area is 209 Å². The van der Waals surface area contributed by atoms with Gasteiger partial charge in [-0.05, 0) is 49.4 Å². The normalized spacial score (nSPS) is 10.8. The number of rotatable bonds is 7. The molecule has 2 aromatic carbocycles. The standard InChI is InChI=1S/C23H18Cl2N4O2S2/c1-13-22(33-23(26-13)14-4-3-5-16(10-14)31-2)18-8-9-21(29-28-18)32-12-20(30)27-19-11-15(24)6-7-17(19)25/h3-11H,12H2,1-2H3,(H,27,30). The van der Waals surface area contributed by atoms with Crippen molar-refractivity contribution < 1.29 is 9.53 Å². The predicted molar refractivity (Wildman–Crippen MR) is 136 cm³/mol. The number of aryl methyl sites for hydroxylation is 1. The largest absolute Gasteiger partial charge is 0.497 e. The number of thiazole rings is 1. The highest BCUT2D eigenvalue weighted by atomic mass is 35.5. The lowest BCUT2D eigenvalue weighted by atomic mass is 10.2. The van der Waals surface area contributed by atoms with Crippen LogP contribution in [0.25, 0.3) is 21.1 Å². The second-order valence-electron chi connectivity index (χ2n) is 6.88. The van der Waals surface area contributed by atoms with E-state index in [9.17, 15) is 4.79 Å². The molecule has 0 saturated heterocycles. The fourth-order valence-electron chi connectivity index (χ4n) is 2.95. The average Bonchev–Trinajstić information content (AvgIpc) is 3.22. The first-order valence-corrected chi connectivity index (χ1v) is 12.3. The molecule has 2 heterocycles. The maximum atomic E-state index is 12.3. The van der Waals surface area contributed by atoms with Crippen LogP contribution in [0.15, 0.2) is 59.6 Å². The van der Waals surface area contributed by atoms with E-state index < -0.39 is 0 Å². The number of hydrogen-bond acceptors (Lipinski definition) is 7. The zero-order valence-corrected chi connectivity index (χ0v) is 20.8. The third-order valence-corrected chi connectivity index (χ3v) is 7.25.